The third kappa shape index (κ3) is 5.82. The molecule has 0 unspecified atom stereocenters. The van der Waals surface area contributed by atoms with Crippen molar-refractivity contribution in [2.75, 3.05) is 69.7 Å². The third-order valence-corrected chi connectivity index (χ3v) is 9.60. The van der Waals surface area contributed by atoms with E-state index in [1.807, 2.05) is 12.1 Å². The molecule has 0 amide bonds. The lowest BCUT2D eigenvalue weighted by atomic mass is 10.2. The number of pyridine rings is 1. The number of rotatable bonds is 7. The second-order valence-corrected chi connectivity index (χ2v) is 12.2. The van der Waals surface area contributed by atoms with Crippen molar-refractivity contribution >= 4 is 38.4 Å². The van der Waals surface area contributed by atoms with Gasteiger partial charge in [-0.3, -0.25) is 9.36 Å². The van der Waals surface area contributed by atoms with E-state index < -0.39 is 10.0 Å². The molecule has 0 saturated carbocycles. The quantitative estimate of drug-likeness (QED) is 0.355. The first-order chi connectivity index (χ1) is 19.9. The van der Waals surface area contributed by atoms with Crippen molar-refractivity contribution in [1.82, 2.24) is 23.7 Å². The molecule has 2 saturated heterocycles. The van der Waals surface area contributed by atoms with Crippen LogP contribution in [0.15, 0.2) is 76.6 Å². The van der Waals surface area contributed by atoms with E-state index >= 15 is 0 Å². The van der Waals surface area contributed by atoms with E-state index in [-0.39, 0.29) is 17.0 Å². The summed E-state index contributed by atoms with van der Waals surface area (Å²) in [6.07, 6.45) is 1.66. The molecule has 0 atom stereocenters. The number of likely N-dealkylation sites (N-methyl/N-ethyl adjacent to an activating group) is 1. The number of anilines is 3. The molecule has 0 radical (unpaired) electrons. The number of sulfonamides is 1. The Morgan fingerprint density at radius 1 is 0.902 bits per heavy atom. The van der Waals surface area contributed by atoms with Crippen LogP contribution in [0.1, 0.15) is 5.56 Å². The molecule has 2 aliphatic heterocycles. The van der Waals surface area contributed by atoms with Crippen molar-refractivity contribution in [1.29, 1.82) is 0 Å². The van der Waals surface area contributed by atoms with Gasteiger partial charge in [0.1, 0.15) is 5.65 Å². The summed E-state index contributed by atoms with van der Waals surface area (Å²) < 4.78 is 35.2. The third-order valence-electron chi connectivity index (χ3n) is 7.60. The van der Waals surface area contributed by atoms with Gasteiger partial charge in [0.05, 0.1) is 24.7 Å². The lowest BCUT2D eigenvalue weighted by molar-refractivity contribution is 0.0730. The molecule has 6 rings (SSSR count). The molecular weight excluding hydrogens is 542 g/mol. The van der Waals surface area contributed by atoms with Crippen molar-refractivity contribution in [2.24, 2.45) is 0 Å². The number of hydrogen-bond donors (Lipinski definition) is 1. The second-order valence-electron chi connectivity index (χ2n) is 10.3. The number of benzene rings is 2. The van der Waals surface area contributed by atoms with E-state index in [0.29, 0.717) is 48.8 Å². The standard InChI is InChI=1S/C29H33N7O4S/c1-33-12-14-34(15-13-33)25-9-7-24(8-10-25)31-29-30-20-22-6-11-27(37)36(28(22)32-29)21-23-4-2-3-5-26(23)41(38,39)35-16-18-40-19-17-35/h2-11,20H,12-19,21H2,1H3,(H,30,31,32). The molecule has 2 aliphatic rings. The van der Waals surface area contributed by atoms with Gasteiger partial charge in [-0.05, 0) is 49.0 Å². The number of nitrogens with one attached hydrogen (secondary N) is 1. The fourth-order valence-electron chi connectivity index (χ4n) is 5.22. The maximum Gasteiger partial charge on any atom is 0.252 e. The minimum atomic E-state index is -3.76. The summed E-state index contributed by atoms with van der Waals surface area (Å²) in [4.78, 5) is 27.1. The van der Waals surface area contributed by atoms with Crippen molar-refractivity contribution < 1.29 is 13.2 Å². The summed E-state index contributed by atoms with van der Waals surface area (Å²) in [5.41, 5.74) is 2.65. The van der Waals surface area contributed by atoms with Crippen molar-refractivity contribution in [3.8, 4) is 0 Å². The molecule has 0 bridgehead atoms. The fraction of sp³-hybridized carbons (Fsp3) is 0.345. The summed E-state index contributed by atoms with van der Waals surface area (Å²) in [7, 11) is -1.62. The van der Waals surface area contributed by atoms with Gasteiger partial charge in [0, 0.05) is 68.3 Å². The number of piperazine rings is 1. The fourth-order valence-corrected chi connectivity index (χ4v) is 6.84. The molecule has 2 aromatic heterocycles. The van der Waals surface area contributed by atoms with Crippen LogP contribution in [0.4, 0.5) is 17.3 Å². The Kier molecular flexibility index (Phi) is 7.71. The van der Waals surface area contributed by atoms with Crippen LogP contribution in [0.5, 0.6) is 0 Å². The first-order valence-electron chi connectivity index (χ1n) is 13.7. The molecular formula is C29H33N7O4S. The summed E-state index contributed by atoms with van der Waals surface area (Å²) in [6.45, 7) is 5.41. The van der Waals surface area contributed by atoms with Gasteiger partial charge in [-0.1, -0.05) is 18.2 Å². The number of morpholine rings is 1. The average molecular weight is 576 g/mol. The van der Waals surface area contributed by atoms with Crippen LogP contribution in [-0.4, -0.2) is 91.7 Å². The summed E-state index contributed by atoms with van der Waals surface area (Å²) in [6, 6.07) is 18.1. The van der Waals surface area contributed by atoms with Crippen molar-refractivity contribution in [3.05, 3.63) is 82.8 Å². The molecule has 0 aliphatic carbocycles. The zero-order valence-electron chi connectivity index (χ0n) is 22.9. The maximum absolute atomic E-state index is 13.5. The zero-order chi connectivity index (χ0) is 28.4. The number of ether oxygens (including phenoxy) is 1. The number of hydrogen-bond acceptors (Lipinski definition) is 9. The average Bonchev–Trinajstić information content (AvgIpc) is 3.00. The summed E-state index contributed by atoms with van der Waals surface area (Å²) in [5, 5.41) is 3.92. The molecule has 12 heteroatoms. The Morgan fingerprint density at radius 3 is 2.39 bits per heavy atom. The number of nitrogens with zero attached hydrogens (tertiary/aromatic N) is 6. The summed E-state index contributed by atoms with van der Waals surface area (Å²) >= 11 is 0. The largest absolute Gasteiger partial charge is 0.379 e. The van der Waals surface area contributed by atoms with Crippen molar-refractivity contribution in [2.45, 2.75) is 11.4 Å². The van der Waals surface area contributed by atoms with Crippen LogP contribution in [0.3, 0.4) is 0 Å². The van der Waals surface area contributed by atoms with Crippen LogP contribution < -0.4 is 15.8 Å². The predicted molar refractivity (Wildman–Crippen MR) is 158 cm³/mol. The van der Waals surface area contributed by atoms with Gasteiger partial charge in [0.2, 0.25) is 16.0 Å². The van der Waals surface area contributed by atoms with E-state index in [1.54, 1.807) is 36.5 Å². The van der Waals surface area contributed by atoms with Gasteiger partial charge < -0.3 is 19.9 Å². The Hall–Kier alpha value is -3.84. The van der Waals surface area contributed by atoms with E-state index in [2.05, 4.69) is 44.3 Å². The number of fused-ring (bicyclic) bond motifs is 1. The van der Waals surface area contributed by atoms with Gasteiger partial charge in [-0.25, -0.2) is 13.4 Å². The Bertz CT molecular complexity index is 1690. The Labute approximate surface area is 239 Å². The highest BCUT2D eigenvalue weighted by Gasteiger charge is 2.28. The minimum Gasteiger partial charge on any atom is -0.379 e. The van der Waals surface area contributed by atoms with E-state index in [9.17, 15) is 13.2 Å². The molecule has 11 nitrogen and oxygen atoms in total. The van der Waals surface area contributed by atoms with E-state index in [0.717, 1.165) is 31.9 Å². The highest BCUT2D eigenvalue weighted by atomic mass is 32.2. The molecule has 2 fully saturated rings. The number of aromatic nitrogens is 3. The molecule has 2 aromatic carbocycles. The lowest BCUT2D eigenvalue weighted by Crippen LogP contribution is -2.44. The Balaban J connectivity index is 1.28. The van der Waals surface area contributed by atoms with Crippen LogP contribution in [0.25, 0.3) is 11.0 Å². The molecule has 214 valence electrons. The van der Waals surface area contributed by atoms with Gasteiger partial charge in [0.25, 0.3) is 5.56 Å². The molecule has 41 heavy (non-hydrogen) atoms. The minimum absolute atomic E-state index is 0.0477. The summed E-state index contributed by atoms with van der Waals surface area (Å²) in [5.74, 6) is 0.346. The normalized spacial score (nSPS) is 17.1. The maximum atomic E-state index is 13.5. The van der Waals surface area contributed by atoms with Crippen LogP contribution in [0.2, 0.25) is 0 Å². The highest BCUT2D eigenvalue weighted by Crippen LogP contribution is 2.24. The van der Waals surface area contributed by atoms with Crippen LogP contribution in [0, 0.1) is 0 Å². The topological polar surface area (TPSA) is 113 Å². The van der Waals surface area contributed by atoms with Crippen LogP contribution in [-0.2, 0) is 21.3 Å². The van der Waals surface area contributed by atoms with Gasteiger partial charge in [-0.2, -0.15) is 9.29 Å². The lowest BCUT2D eigenvalue weighted by Gasteiger charge is -2.34. The van der Waals surface area contributed by atoms with Gasteiger partial charge >= 0.3 is 0 Å². The molecule has 4 heterocycles. The molecule has 4 aromatic rings. The zero-order valence-corrected chi connectivity index (χ0v) is 23.8. The van der Waals surface area contributed by atoms with Crippen LogP contribution >= 0.6 is 0 Å². The predicted octanol–water partition coefficient (Wildman–Crippen LogP) is 2.36. The monoisotopic (exact) mass is 575 g/mol. The van der Waals surface area contributed by atoms with E-state index in [4.69, 9.17) is 4.74 Å². The first kappa shape index (κ1) is 27.3. The smallest absolute Gasteiger partial charge is 0.252 e. The highest BCUT2D eigenvalue weighted by molar-refractivity contribution is 7.89. The first-order valence-corrected chi connectivity index (χ1v) is 15.2. The van der Waals surface area contributed by atoms with Crippen molar-refractivity contribution in [3.63, 3.8) is 0 Å². The van der Waals surface area contributed by atoms with E-state index in [1.165, 1.54) is 20.6 Å². The van der Waals surface area contributed by atoms with Gasteiger partial charge in [-0.15, -0.1) is 0 Å². The molecule has 0 spiro atoms. The Morgan fingerprint density at radius 2 is 1.63 bits per heavy atom. The second kappa shape index (κ2) is 11.6. The molecule has 1 N–H and O–H groups in total. The van der Waals surface area contributed by atoms with Gasteiger partial charge in [0.15, 0.2) is 0 Å². The SMILES string of the molecule is CN1CCN(c2ccc(Nc3ncc4ccc(=O)n(Cc5ccccc5S(=O)(=O)N5CCOCC5)c4n3)cc2)CC1.